The van der Waals surface area contributed by atoms with E-state index in [-0.39, 0.29) is 5.91 Å². The van der Waals surface area contributed by atoms with Gasteiger partial charge in [-0.25, -0.2) is 4.98 Å². The van der Waals surface area contributed by atoms with E-state index >= 15 is 0 Å². The number of rotatable bonds is 3. The molecule has 1 amide bonds. The third-order valence-electron chi connectivity index (χ3n) is 1.49. The first-order valence-electron chi connectivity index (χ1n) is 4.22. The van der Waals surface area contributed by atoms with Crippen molar-refractivity contribution in [1.29, 1.82) is 0 Å². The van der Waals surface area contributed by atoms with Crippen LogP contribution in [-0.4, -0.2) is 17.4 Å². The summed E-state index contributed by atoms with van der Waals surface area (Å²) < 4.78 is 12.6. The van der Waals surface area contributed by atoms with Gasteiger partial charge in [0.25, 0.3) is 0 Å². The van der Waals surface area contributed by atoms with Gasteiger partial charge in [0.1, 0.15) is 0 Å². The molecule has 0 aromatic carbocycles. The fourth-order valence-electron chi connectivity index (χ4n) is 0.899. The van der Waals surface area contributed by atoms with E-state index < -0.39 is 5.95 Å². The molecule has 0 saturated carbocycles. The largest absolute Gasteiger partial charge is 0.353 e. The molecule has 74 valence electrons. The van der Waals surface area contributed by atoms with Crippen LogP contribution in [0.1, 0.15) is 12.6 Å². The maximum absolute atomic E-state index is 12.6. The van der Waals surface area contributed by atoms with E-state index in [1.807, 2.05) is 0 Å². The number of carbonyl (C=O) groups is 1. The highest BCUT2D eigenvalue weighted by atomic mass is 19.1. The van der Waals surface area contributed by atoms with Crippen LogP contribution in [0.15, 0.2) is 24.3 Å². The molecule has 0 aliphatic carbocycles. The number of hydrogen-bond acceptors (Lipinski definition) is 2. The number of aromatic nitrogens is 1. The Kier molecular flexibility index (Phi) is 3.79. The molecule has 4 heteroatoms. The smallest absolute Gasteiger partial charge is 0.217 e. The van der Waals surface area contributed by atoms with E-state index in [1.165, 1.54) is 13.0 Å². The van der Waals surface area contributed by atoms with Gasteiger partial charge in [0.05, 0.1) is 5.69 Å². The normalized spacial score (nSPS) is 10.4. The van der Waals surface area contributed by atoms with Crippen molar-refractivity contribution in [3.63, 3.8) is 0 Å². The van der Waals surface area contributed by atoms with Gasteiger partial charge in [0.15, 0.2) is 0 Å². The lowest BCUT2D eigenvalue weighted by atomic mass is 10.3. The lowest BCUT2D eigenvalue weighted by Gasteiger charge is -1.95. The van der Waals surface area contributed by atoms with Crippen molar-refractivity contribution < 1.29 is 9.18 Å². The van der Waals surface area contributed by atoms with Crippen LogP contribution in [0, 0.1) is 5.95 Å². The molecule has 1 heterocycles. The number of halogens is 1. The van der Waals surface area contributed by atoms with Crippen LogP contribution in [0.4, 0.5) is 4.39 Å². The summed E-state index contributed by atoms with van der Waals surface area (Å²) in [6, 6.07) is 4.55. The number of nitrogens with one attached hydrogen (secondary N) is 1. The van der Waals surface area contributed by atoms with Gasteiger partial charge in [-0.15, -0.1) is 0 Å². The van der Waals surface area contributed by atoms with Gasteiger partial charge >= 0.3 is 0 Å². The Bertz CT molecular complexity index is 350. The Hall–Kier alpha value is -1.71. The van der Waals surface area contributed by atoms with Gasteiger partial charge in [-0.2, -0.15) is 4.39 Å². The molecule has 0 radical (unpaired) electrons. The molecule has 0 spiro atoms. The molecule has 14 heavy (non-hydrogen) atoms. The van der Waals surface area contributed by atoms with Gasteiger partial charge < -0.3 is 5.32 Å². The molecule has 1 rings (SSSR count). The number of carbonyl (C=O) groups excluding carboxylic acids is 1. The summed E-state index contributed by atoms with van der Waals surface area (Å²) in [5, 5.41) is 2.58. The Morgan fingerprint density at radius 1 is 1.64 bits per heavy atom. The molecule has 0 bridgehead atoms. The zero-order valence-electron chi connectivity index (χ0n) is 7.83. The maximum Gasteiger partial charge on any atom is 0.217 e. The summed E-state index contributed by atoms with van der Waals surface area (Å²) in [6.45, 7) is 1.86. The lowest BCUT2D eigenvalue weighted by molar-refractivity contribution is -0.118. The van der Waals surface area contributed by atoms with Crippen molar-refractivity contribution in [3.05, 3.63) is 35.9 Å². The van der Waals surface area contributed by atoms with Crippen molar-refractivity contribution in [3.8, 4) is 0 Å². The molecule has 0 aliphatic rings. The van der Waals surface area contributed by atoms with E-state index in [2.05, 4.69) is 10.3 Å². The maximum atomic E-state index is 12.6. The second-order valence-electron chi connectivity index (χ2n) is 2.72. The molecule has 0 unspecified atom stereocenters. The van der Waals surface area contributed by atoms with E-state index in [9.17, 15) is 9.18 Å². The number of hydrogen-bond donors (Lipinski definition) is 1. The van der Waals surface area contributed by atoms with E-state index in [0.717, 1.165) is 0 Å². The van der Waals surface area contributed by atoms with Gasteiger partial charge in [-0.1, -0.05) is 12.1 Å². The average molecular weight is 194 g/mol. The van der Waals surface area contributed by atoms with Gasteiger partial charge in [-0.3, -0.25) is 4.79 Å². The second kappa shape index (κ2) is 5.11. The molecular weight excluding hydrogens is 183 g/mol. The number of pyridine rings is 1. The first-order valence-corrected chi connectivity index (χ1v) is 4.22. The van der Waals surface area contributed by atoms with Crippen LogP contribution in [0.3, 0.4) is 0 Å². The molecular formula is C10H11FN2O. The minimum Gasteiger partial charge on any atom is -0.353 e. The van der Waals surface area contributed by atoms with Gasteiger partial charge in [0.2, 0.25) is 11.9 Å². The van der Waals surface area contributed by atoms with Crippen molar-refractivity contribution in [2.45, 2.75) is 6.92 Å². The molecule has 0 saturated heterocycles. The van der Waals surface area contributed by atoms with E-state index in [4.69, 9.17) is 0 Å². The zero-order valence-corrected chi connectivity index (χ0v) is 7.83. The third kappa shape index (κ3) is 3.80. The van der Waals surface area contributed by atoms with Gasteiger partial charge in [0, 0.05) is 13.5 Å². The predicted octanol–water partition coefficient (Wildman–Crippen LogP) is 1.37. The van der Waals surface area contributed by atoms with Crippen LogP contribution in [0.2, 0.25) is 0 Å². The zero-order chi connectivity index (χ0) is 10.4. The summed E-state index contributed by atoms with van der Waals surface area (Å²) in [5.41, 5.74) is 0.537. The first kappa shape index (κ1) is 10.4. The summed E-state index contributed by atoms with van der Waals surface area (Å²) in [6.07, 6.45) is 3.36. The Labute approximate surface area is 81.7 Å². The number of amides is 1. The Balaban J connectivity index is 2.47. The highest BCUT2D eigenvalue weighted by Crippen LogP contribution is 1.99. The third-order valence-corrected chi connectivity index (χ3v) is 1.49. The molecule has 0 aliphatic heterocycles. The molecule has 1 aromatic rings. The highest BCUT2D eigenvalue weighted by Gasteiger charge is 1.91. The summed E-state index contributed by atoms with van der Waals surface area (Å²) in [4.78, 5) is 14.1. The van der Waals surface area contributed by atoms with Crippen LogP contribution >= 0.6 is 0 Å². The minimum atomic E-state index is -0.508. The van der Waals surface area contributed by atoms with E-state index in [0.29, 0.717) is 12.2 Å². The SMILES string of the molecule is CC(=O)NCC=Cc1cccc(F)n1. The van der Waals surface area contributed by atoms with Crippen molar-refractivity contribution in [1.82, 2.24) is 10.3 Å². The molecule has 0 fully saturated rings. The molecule has 1 N–H and O–H groups in total. The minimum absolute atomic E-state index is 0.0955. The average Bonchev–Trinajstić information content (AvgIpc) is 2.12. The Morgan fingerprint density at radius 2 is 2.43 bits per heavy atom. The lowest BCUT2D eigenvalue weighted by Crippen LogP contribution is -2.19. The van der Waals surface area contributed by atoms with Gasteiger partial charge in [-0.05, 0) is 18.2 Å². The summed E-state index contributed by atoms with van der Waals surface area (Å²) in [7, 11) is 0. The fraction of sp³-hybridized carbons (Fsp3) is 0.200. The standard InChI is InChI=1S/C10H11FN2O/c1-8(14)12-7-3-5-9-4-2-6-10(11)13-9/h2-6H,7H2,1H3,(H,12,14). The van der Waals surface area contributed by atoms with Crippen LogP contribution < -0.4 is 5.32 Å². The predicted molar refractivity (Wildman–Crippen MR) is 51.9 cm³/mol. The monoisotopic (exact) mass is 194 g/mol. The van der Waals surface area contributed by atoms with Crippen LogP contribution in [-0.2, 0) is 4.79 Å². The molecule has 3 nitrogen and oxygen atoms in total. The highest BCUT2D eigenvalue weighted by molar-refractivity contribution is 5.73. The van der Waals surface area contributed by atoms with Crippen molar-refractivity contribution in [2.75, 3.05) is 6.54 Å². The van der Waals surface area contributed by atoms with Crippen molar-refractivity contribution >= 4 is 12.0 Å². The summed E-state index contributed by atoms with van der Waals surface area (Å²) >= 11 is 0. The first-order chi connectivity index (χ1) is 6.68. The topological polar surface area (TPSA) is 42.0 Å². The fourth-order valence-corrected chi connectivity index (χ4v) is 0.899. The van der Waals surface area contributed by atoms with Crippen LogP contribution in [0.25, 0.3) is 6.08 Å². The van der Waals surface area contributed by atoms with Crippen molar-refractivity contribution in [2.24, 2.45) is 0 Å². The molecule has 1 aromatic heterocycles. The number of nitrogens with zero attached hydrogens (tertiary/aromatic N) is 1. The molecule has 0 atom stereocenters. The Morgan fingerprint density at radius 3 is 3.07 bits per heavy atom. The summed E-state index contributed by atoms with van der Waals surface area (Å²) in [5.74, 6) is -0.603. The second-order valence-corrected chi connectivity index (χ2v) is 2.72. The van der Waals surface area contributed by atoms with Crippen LogP contribution in [0.5, 0.6) is 0 Å². The quantitative estimate of drug-likeness (QED) is 0.738. The van der Waals surface area contributed by atoms with E-state index in [1.54, 1.807) is 24.3 Å².